The molecule has 0 saturated carbocycles. The Morgan fingerprint density at radius 3 is 2.91 bits per heavy atom. The number of carbonyl (C=O) groups excluding carboxylic acids is 1. The minimum Gasteiger partial charge on any atom is -0.440 e. The monoisotopic (exact) mass is 493 g/mol. The van der Waals surface area contributed by atoms with Gasteiger partial charge >= 0.3 is 5.91 Å². The molecule has 4 aromatic rings. The number of hydrogen-bond donors (Lipinski definition) is 2. The molecule has 1 unspecified atom stereocenters. The summed E-state index contributed by atoms with van der Waals surface area (Å²) in [6.07, 6.45) is 5.62. The summed E-state index contributed by atoms with van der Waals surface area (Å²) in [5, 5.41) is 10.9. The van der Waals surface area contributed by atoms with Crippen LogP contribution in [0.4, 0.5) is 11.8 Å². The predicted molar refractivity (Wildman–Crippen MR) is 129 cm³/mol. The molecule has 180 valence electrons. The topological polar surface area (TPSA) is 120 Å². The van der Waals surface area contributed by atoms with Crippen molar-refractivity contribution >= 4 is 29.3 Å². The third-order valence-electron chi connectivity index (χ3n) is 5.90. The zero-order valence-electron chi connectivity index (χ0n) is 19.2. The van der Waals surface area contributed by atoms with Gasteiger partial charge in [-0.2, -0.15) is 5.10 Å². The van der Waals surface area contributed by atoms with Crippen LogP contribution >= 0.6 is 11.6 Å². The van der Waals surface area contributed by atoms with Crippen molar-refractivity contribution in [3.05, 3.63) is 71.0 Å². The Balaban J connectivity index is 1.37. The number of hydrogen-bond acceptors (Lipinski definition) is 8. The van der Waals surface area contributed by atoms with Gasteiger partial charge in [-0.05, 0) is 36.6 Å². The van der Waals surface area contributed by atoms with Gasteiger partial charge in [0.15, 0.2) is 0 Å². The maximum atomic E-state index is 13.1. The minimum absolute atomic E-state index is 0.0508. The van der Waals surface area contributed by atoms with Crippen molar-refractivity contribution in [2.75, 3.05) is 18.5 Å². The van der Waals surface area contributed by atoms with Crippen LogP contribution in [0.25, 0.3) is 11.4 Å². The number of aromatic nitrogens is 5. The molecular weight excluding hydrogens is 470 g/mol. The van der Waals surface area contributed by atoms with Crippen LogP contribution in [0.5, 0.6) is 0 Å². The molecule has 1 aromatic carbocycles. The van der Waals surface area contributed by atoms with Crippen molar-refractivity contribution in [2.45, 2.75) is 19.4 Å². The zero-order chi connectivity index (χ0) is 24.4. The predicted octanol–water partition coefficient (Wildman–Crippen LogP) is 4.08. The highest BCUT2D eigenvalue weighted by molar-refractivity contribution is 6.30. The number of ether oxygens (including phenoxy) is 1. The SMILES string of the molecule is Cc1cnc(Nc2ccnn2C)nc1-c1coc(C(=O)NC(c2cccc(Cl)c2)[C@@H]2CCOC2)n1. The summed E-state index contributed by atoms with van der Waals surface area (Å²) in [7, 11) is 1.81. The van der Waals surface area contributed by atoms with E-state index < -0.39 is 5.91 Å². The maximum absolute atomic E-state index is 13.1. The first-order chi connectivity index (χ1) is 17.0. The lowest BCUT2D eigenvalue weighted by Gasteiger charge is -2.23. The number of nitrogens with one attached hydrogen (secondary N) is 2. The minimum atomic E-state index is -0.423. The molecule has 1 amide bonds. The summed E-state index contributed by atoms with van der Waals surface area (Å²) >= 11 is 6.20. The fraction of sp³-hybridized carbons (Fsp3) is 0.292. The Kier molecular flexibility index (Phi) is 6.47. The first-order valence-electron chi connectivity index (χ1n) is 11.2. The summed E-state index contributed by atoms with van der Waals surface area (Å²) in [5.74, 6) is 0.767. The smallest absolute Gasteiger partial charge is 0.307 e. The van der Waals surface area contributed by atoms with Crippen LogP contribution in [0.15, 0.2) is 53.4 Å². The number of nitrogens with zero attached hydrogens (tertiary/aromatic N) is 5. The summed E-state index contributed by atoms with van der Waals surface area (Å²) in [4.78, 5) is 26.4. The largest absolute Gasteiger partial charge is 0.440 e. The van der Waals surface area contributed by atoms with Crippen molar-refractivity contribution in [2.24, 2.45) is 13.0 Å². The number of anilines is 2. The Labute approximate surface area is 206 Å². The van der Waals surface area contributed by atoms with Gasteiger partial charge in [0.25, 0.3) is 5.89 Å². The van der Waals surface area contributed by atoms with Gasteiger partial charge in [0.05, 0.1) is 18.8 Å². The molecule has 4 heterocycles. The lowest BCUT2D eigenvalue weighted by atomic mass is 9.92. The van der Waals surface area contributed by atoms with Gasteiger partial charge in [-0.15, -0.1) is 0 Å². The van der Waals surface area contributed by atoms with E-state index >= 15 is 0 Å². The molecule has 11 heteroatoms. The summed E-state index contributed by atoms with van der Waals surface area (Å²) < 4.78 is 12.8. The number of amides is 1. The van der Waals surface area contributed by atoms with Crippen molar-refractivity contribution in [3.63, 3.8) is 0 Å². The number of oxazole rings is 1. The van der Waals surface area contributed by atoms with Crippen molar-refractivity contribution in [1.82, 2.24) is 30.0 Å². The molecule has 35 heavy (non-hydrogen) atoms. The molecule has 2 atom stereocenters. The molecule has 5 rings (SSSR count). The fourth-order valence-electron chi connectivity index (χ4n) is 4.05. The zero-order valence-corrected chi connectivity index (χ0v) is 20.0. The molecule has 3 aromatic heterocycles. The molecule has 1 aliphatic rings. The van der Waals surface area contributed by atoms with Crippen LogP contribution in [0, 0.1) is 12.8 Å². The van der Waals surface area contributed by atoms with Gasteiger partial charge < -0.3 is 19.8 Å². The van der Waals surface area contributed by atoms with Crippen LogP contribution in [0.1, 0.15) is 34.3 Å². The van der Waals surface area contributed by atoms with Crippen LogP contribution in [-0.2, 0) is 11.8 Å². The van der Waals surface area contributed by atoms with E-state index in [2.05, 4.69) is 30.7 Å². The van der Waals surface area contributed by atoms with E-state index in [1.165, 1.54) is 6.26 Å². The van der Waals surface area contributed by atoms with Crippen molar-refractivity contribution < 1.29 is 13.9 Å². The van der Waals surface area contributed by atoms with Gasteiger partial charge in [0.1, 0.15) is 23.5 Å². The number of halogens is 1. The molecule has 0 aliphatic carbocycles. The molecule has 1 saturated heterocycles. The van der Waals surface area contributed by atoms with E-state index in [4.69, 9.17) is 20.8 Å². The average molecular weight is 494 g/mol. The molecule has 1 fully saturated rings. The van der Waals surface area contributed by atoms with Crippen LogP contribution < -0.4 is 10.6 Å². The molecule has 0 spiro atoms. The van der Waals surface area contributed by atoms with E-state index in [0.29, 0.717) is 35.6 Å². The maximum Gasteiger partial charge on any atom is 0.307 e. The summed E-state index contributed by atoms with van der Waals surface area (Å²) in [5.41, 5.74) is 2.70. The summed E-state index contributed by atoms with van der Waals surface area (Å²) in [6, 6.07) is 8.99. The van der Waals surface area contributed by atoms with E-state index in [-0.39, 0.29) is 17.9 Å². The quantitative estimate of drug-likeness (QED) is 0.395. The van der Waals surface area contributed by atoms with Gasteiger partial charge in [0, 0.05) is 36.9 Å². The van der Waals surface area contributed by atoms with Gasteiger partial charge in [-0.25, -0.2) is 15.0 Å². The number of carbonyl (C=O) groups is 1. The van der Waals surface area contributed by atoms with E-state index in [1.807, 2.05) is 38.2 Å². The fourth-order valence-corrected chi connectivity index (χ4v) is 4.25. The van der Waals surface area contributed by atoms with Gasteiger partial charge in [0.2, 0.25) is 5.95 Å². The van der Waals surface area contributed by atoms with E-state index in [1.54, 1.807) is 23.1 Å². The van der Waals surface area contributed by atoms with Gasteiger partial charge in [-0.1, -0.05) is 23.7 Å². The third kappa shape index (κ3) is 5.03. The molecule has 0 bridgehead atoms. The highest BCUT2D eigenvalue weighted by Crippen LogP contribution is 2.31. The van der Waals surface area contributed by atoms with E-state index in [0.717, 1.165) is 23.4 Å². The Hall–Kier alpha value is -3.76. The third-order valence-corrected chi connectivity index (χ3v) is 6.14. The van der Waals surface area contributed by atoms with E-state index in [9.17, 15) is 4.79 Å². The Bertz CT molecular complexity index is 1350. The first kappa shape index (κ1) is 23.0. The van der Waals surface area contributed by atoms with Gasteiger partial charge in [-0.3, -0.25) is 9.48 Å². The normalized spacial score (nSPS) is 16.3. The van der Waals surface area contributed by atoms with Crippen molar-refractivity contribution in [1.29, 1.82) is 0 Å². The molecule has 0 radical (unpaired) electrons. The summed E-state index contributed by atoms with van der Waals surface area (Å²) in [6.45, 7) is 3.08. The number of aryl methyl sites for hydroxylation is 2. The Morgan fingerprint density at radius 2 is 2.17 bits per heavy atom. The average Bonchev–Trinajstić information content (AvgIpc) is 3.62. The molecular formula is C24H24ClN7O3. The number of benzene rings is 1. The molecule has 10 nitrogen and oxygen atoms in total. The second-order valence-electron chi connectivity index (χ2n) is 8.36. The number of rotatable bonds is 7. The second-order valence-corrected chi connectivity index (χ2v) is 8.79. The van der Waals surface area contributed by atoms with Crippen LogP contribution in [0.2, 0.25) is 5.02 Å². The standard InChI is InChI=1S/C24H24ClN7O3/c1-14-11-26-24(29-19-6-8-27-32(19)2)31-20(14)18-13-35-23(28-18)22(33)30-21(16-7-9-34-12-16)15-4-3-5-17(25)10-15/h3-6,8,10-11,13,16,21H,7,9,12H2,1-2H3,(H,30,33)(H,26,29,31)/t16-,21?/m1/s1. The molecule has 2 N–H and O–H groups in total. The Morgan fingerprint density at radius 1 is 1.29 bits per heavy atom. The van der Waals surface area contributed by atoms with Crippen LogP contribution in [0.3, 0.4) is 0 Å². The second kappa shape index (κ2) is 9.85. The lowest BCUT2D eigenvalue weighted by molar-refractivity contribution is 0.0880. The highest BCUT2D eigenvalue weighted by atomic mass is 35.5. The molecule has 1 aliphatic heterocycles. The van der Waals surface area contributed by atoms with Crippen molar-refractivity contribution in [3.8, 4) is 11.4 Å². The first-order valence-corrected chi connectivity index (χ1v) is 11.5. The van der Waals surface area contributed by atoms with Crippen LogP contribution in [-0.4, -0.2) is 43.9 Å². The highest BCUT2D eigenvalue weighted by Gasteiger charge is 2.30. The lowest BCUT2D eigenvalue weighted by Crippen LogP contribution is -2.34.